The first-order valence-corrected chi connectivity index (χ1v) is 10.1. The Morgan fingerprint density at radius 3 is 2.52 bits per heavy atom. The van der Waals surface area contributed by atoms with Gasteiger partial charge in [-0.05, 0) is 48.0 Å². The van der Waals surface area contributed by atoms with Gasteiger partial charge in [0.1, 0.15) is 17.5 Å². The molecule has 0 bridgehead atoms. The van der Waals surface area contributed by atoms with Crippen LogP contribution in [-0.4, -0.2) is 18.4 Å². The van der Waals surface area contributed by atoms with Crippen LogP contribution in [0.25, 0.3) is 34.3 Å². The minimum Gasteiger partial charge on any atom is -0.338 e. The van der Waals surface area contributed by atoms with Crippen molar-refractivity contribution in [2.24, 2.45) is 5.14 Å². The highest BCUT2D eigenvalue weighted by atomic mass is 32.2. The van der Waals surface area contributed by atoms with E-state index in [9.17, 15) is 17.2 Å². The smallest absolute Gasteiger partial charge is 0.238 e. The maximum absolute atomic E-state index is 13.8. The third kappa shape index (κ3) is 3.94. The van der Waals surface area contributed by atoms with Crippen molar-refractivity contribution in [1.29, 1.82) is 0 Å². The van der Waals surface area contributed by atoms with Crippen LogP contribution in [-0.2, 0) is 10.0 Å². The number of rotatable bonds is 4. The Morgan fingerprint density at radius 1 is 0.966 bits per heavy atom. The summed E-state index contributed by atoms with van der Waals surface area (Å²) in [5.41, 5.74) is 2.70. The molecule has 0 saturated carbocycles. The first-order chi connectivity index (χ1) is 13.8. The molecule has 3 N–H and O–H groups in total. The molecule has 146 valence electrons. The molecule has 0 fully saturated rings. The Kier molecular flexibility index (Phi) is 4.73. The summed E-state index contributed by atoms with van der Waals surface area (Å²) >= 11 is 0. The molecule has 4 aromatic rings. The summed E-state index contributed by atoms with van der Waals surface area (Å²) in [4.78, 5) is 7.52. The van der Waals surface area contributed by atoms with Crippen LogP contribution in [0.4, 0.5) is 8.78 Å². The second-order valence-electron chi connectivity index (χ2n) is 6.39. The molecule has 29 heavy (non-hydrogen) atoms. The van der Waals surface area contributed by atoms with E-state index in [4.69, 9.17) is 5.14 Å². The third-order valence-electron chi connectivity index (χ3n) is 4.39. The van der Waals surface area contributed by atoms with E-state index in [1.54, 1.807) is 42.5 Å². The number of aromatic amines is 1. The van der Waals surface area contributed by atoms with Gasteiger partial charge in [0.05, 0.1) is 15.9 Å². The highest BCUT2D eigenvalue weighted by Crippen LogP contribution is 2.29. The lowest BCUT2D eigenvalue weighted by atomic mass is 10.1. The summed E-state index contributed by atoms with van der Waals surface area (Å²) in [7, 11) is -3.88. The molecule has 0 unspecified atom stereocenters. The number of H-pyrrole nitrogens is 1. The van der Waals surface area contributed by atoms with Crippen molar-refractivity contribution in [3.05, 3.63) is 83.7 Å². The minimum atomic E-state index is -3.88. The largest absolute Gasteiger partial charge is 0.338 e. The molecule has 0 amide bonds. The van der Waals surface area contributed by atoms with Crippen LogP contribution in [0.2, 0.25) is 0 Å². The van der Waals surface area contributed by atoms with Crippen molar-refractivity contribution in [2.75, 3.05) is 0 Å². The normalized spacial score (nSPS) is 12.1. The second-order valence-corrected chi connectivity index (χ2v) is 7.92. The number of imidazole rings is 1. The van der Waals surface area contributed by atoms with E-state index in [-0.39, 0.29) is 10.5 Å². The summed E-state index contributed by atoms with van der Waals surface area (Å²) in [6, 6.07) is 15.1. The van der Waals surface area contributed by atoms with Gasteiger partial charge in [0, 0.05) is 17.2 Å². The molecule has 0 aliphatic heterocycles. The first-order valence-electron chi connectivity index (χ1n) is 8.56. The zero-order valence-corrected chi connectivity index (χ0v) is 15.7. The maximum atomic E-state index is 13.8. The quantitative estimate of drug-likeness (QED) is 0.524. The van der Waals surface area contributed by atoms with Gasteiger partial charge in [-0.1, -0.05) is 24.3 Å². The summed E-state index contributed by atoms with van der Waals surface area (Å²) in [5.74, 6) is -0.837. The van der Waals surface area contributed by atoms with Crippen molar-refractivity contribution in [3.63, 3.8) is 0 Å². The monoisotopic (exact) mass is 411 g/mol. The van der Waals surface area contributed by atoms with Gasteiger partial charge in [0.25, 0.3) is 0 Å². The van der Waals surface area contributed by atoms with Gasteiger partial charge in [-0.15, -0.1) is 0 Å². The van der Waals surface area contributed by atoms with Gasteiger partial charge >= 0.3 is 0 Å². The fourth-order valence-electron chi connectivity index (χ4n) is 3.03. The highest BCUT2D eigenvalue weighted by molar-refractivity contribution is 7.89. The van der Waals surface area contributed by atoms with Crippen molar-refractivity contribution < 1.29 is 17.2 Å². The fourth-order valence-corrected chi connectivity index (χ4v) is 3.80. The molecule has 1 heterocycles. The summed E-state index contributed by atoms with van der Waals surface area (Å²) in [6.45, 7) is 0. The van der Waals surface area contributed by atoms with Crippen LogP contribution in [0.15, 0.2) is 65.6 Å². The van der Waals surface area contributed by atoms with Gasteiger partial charge in [0.15, 0.2) is 0 Å². The number of aromatic nitrogens is 2. The third-order valence-corrected chi connectivity index (χ3v) is 5.36. The predicted octanol–water partition coefficient (Wildman–Crippen LogP) is 4.33. The Morgan fingerprint density at radius 2 is 1.76 bits per heavy atom. The fraction of sp³-hybridized carbons (Fsp3) is 0. The van der Waals surface area contributed by atoms with Gasteiger partial charge in [-0.3, -0.25) is 0 Å². The predicted molar refractivity (Wildman–Crippen MR) is 108 cm³/mol. The lowest BCUT2D eigenvalue weighted by Gasteiger charge is -2.07. The SMILES string of the molecule is NS(=O)(=O)c1ccccc1-c1ccc2nc(/C=C/c3ccc(F)cc3F)[nH]c2c1. The molecule has 0 saturated heterocycles. The van der Waals surface area contributed by atoms with Crippen LogP contribution in [0, 0.1) is 11.6 Å². The lowest BCUT2D eigenvalue weighted by Crippen LogP contribution is -2.13. The molecule has 1 aromatic heterocycles. The van der Waals surface area contributed by atoms with Crippen molar-refractivity contribution >= 4 is 33.2 Å². The van der Waals surface area contributed by atoms with E-state index in [0.717, 1.165) is 6.07 Å². The average molecular weight is 411 g/mol. The molecule has 0 spiro atoms. The molecule has 8 heteroatoms. The average Bonchev–Trinajstić information content (AvgIpc) is 3.08. The van der Waals surface area contributed by atoms with E-state index < -0.39 is 21.7 Å². The van der Waals surface area contributed by atoms with Crippen LogP contribution < -0.4 is 5.14 Å². The molecule has 5 nitrogen and oxygen atoms in total. The summed E-state index contributed by atoms with van der Waals surface area (Å²) < 4.78 is 50.5. The molecule has 4 rings (SSSR count). The maximum Gasteiger partial charge on any atom is 0.238 e. The number of benzene rings is 3. The number of fused-ring (bicyclic) bond motifs is 1. The lowest BCUT2D eigenvalue weighted by molar-refractivity contribution is 0.581. The number of hydrogen-bond donors (Lipinski definition) is 2. The van der Waals surface area contributed by atoms with E-state index in [1.165, 1.54) is 24.3 Å². The Balaban J connectivity index is 1.72. The molecular formula is C21H15F2N3O2S. The second kappa shape index (κ2) is 7.23. The number of nitrogens with two attached hydrogens (primary N) is 1. The number of sulfonamides is 1. The van der Waals surface area contributed by atoms with Gasteiger partial charge < -0.3 is 4.98 Å². The van der Waals surface area contributed by atoms with Gasteiger partial charge in [-0.2, -0.15) is 0 Å². The van der Waals surface area contributed by atoms with Crippen LogP contribution in [0.1, 0.15) is 11.4 Å². The number of hydrogen-bond acceptors (Lipinski definition) is 3. The Labute approximate surface area is 165 Å². The highest BCUT2D eigenvalue weighted by Gasteiger charge is 2.15. The summed E-state index contributed by atoms with van der Waals surface area (Å²) in [5, 5.41) is 5.32. The molecule has 3 aromatic carbocycles. The number of nitrogens with zero attached hydrogens (tertiary/aromatic N) is 1. The molecule has 0 atom stereocenters. The van der Waals surface area contributed by atoms with Crippen molar-refractivity contribution in [1.82, 2.24) is 9.97 Å². The van der Waals surface area contributed by atoms with E-state index in [0.29, 0.717) is 28.0 Å². The Bertz CT molecular complexity index is 1360. The number of primary sulfonamides is 1. The van der Waals surface area contributed by atoms with Crippen LogP contribution in [0.5, 0.6) is 0 Å². The standard InChI is InChI=1S/C21H15F2N3O2S/c22-15-8-5-13(17(23)12-15)7-10-21-25-18-9-6-14(11-19(18)26-21)16-3-1-2-4-20(16)29(24,27)28/h1-12H,(H,25,26)(H2,24,27,28)/b10-7+. The van der Waals surface area contributed by atoms with E-state index >= 15 is 0 Å². The number of nitrogens with one attached hydrogen (secondary N) is 1. The number of halogens is 2. The Hall–Kier alpha value is -3.36. The molecule has 0 aliphatic carbocycles. The van der Waals surface area contributed by atoms with Crippen molar-refractivity contribution in [2.45, 2.75) is 4.90 Å². The zero-order valence-electron chi connectivity index (χ0n) is 14.9. The van der Waals surface area contributed by atoms with Gasteiger partial charge in [0.2, 0.25) is 10.0 Å². The molecule has 0 radical (unpaired) electrons. The topological polar surface area (TPSA) is 88.8 Å². The van der Waals surface area contributed by atoms with E-state index in [1.807, 2.05) is 0 Å². The van der Waals surface area contributed by atoms with Crippen LogP contribution >= 0.6 is 0 Å². The van der Waals surface area contributed by atoms with Crippen LogP contribution in [0.3, 0.4) is 0 Å². The molecular weight excluding hydrogens is 396 g/mol. The zero-order chi connectivity index (χ0) is 20.6. The van der Waals surface area contributed by atoms with Gasteiger partial charge in [-0.25, -0.2) is 27.3 Å². The first kappa shape index (κ1) is 19.0. The minimum absolute atomic E-state index is 0.0331. The molecule has 0 aliphatic rings. The summed E-state index contributed by atoms with van der Waals surface area (Å²) in [6.07, 6.45) is 3.07. The van der Waals surface area contributed by atoms with Crippen molar-refractivity contribution in [3.8, 4) is 11.1 Å². The van der Waals surface area contributed by atoms with E-state index in [2.05, 4.69) is 9.97 Å².